The second-order valence-corrected chi connectivity index (χ2v) is 7.39. The van der Waals surface area contributed by atoms with Gasteiger partial charge in [0.1, 0.15) is 5.60 Å². The van der Waals surface area contributed by atoms with Crippen LogP contribution in [0.5, 0.6) is 0 Å². The molecule has 1 saturated heterocycles. The van der Waals surface area contributed by atoms with Gasteiger partial charge in [0, 0.05) is 13.1 Å². The lowest BCUT2D eigenvalue weighted by atomic mass is 9.93. The van der Waals surface area contributed by atoms with Gasteiger partial charge in [0.15, 0.2) is 0 Å². The van der Waals surface area contributed by atoms with Gasteiger partial charge in [0.25, 0.3) is 0 Å². The number of amides is 1. The summed E-state index contributed by atoms with van der Waals surface area (Å²) in [5.74, 6) is 0.986. The first kappa shape index (κ1) is 17.6. The zero-order valence-electron chi connectivity index (χ0n) is 14.8. The van der Waals surface area contributed by atoms with E-state index in [0.29, 0.717) is 11.8 Å². The minimum absolute atomic E-state index is 0.183. The largest absolute Gasteiger partial charge is 0.444 e. The van der Waals surface area contributed by atoms with Crippen molar-refractivity contribution >= 4 is 6.09 Å². The molecule has 1 aliphatic heterocycles. The van der Waals surface area contributed by atoms with Gasteiger partial charge in [-0.1, -0.05) is 49.4 Å². The maximum Gasteiger partial charge on any atom is 0.410 e. The summed E-state index contributed by atoms with van der Waals surface area (Å²) in [6, 6.07) is 10.5. The zero-order chi connectivity index (χ0) is 16.9. The van der Waals surface area contributed by atoms with Gasteiger partial charge in [-0.3, -0.25) is 0 Å². The van der Waals surface area contributed by atoms with Crippen molar-refractivity contribution in [3.63, 3.8) is 0 Å². The minimum Gasteiger partial charge on any atom is -0.444 e. The molecule has 0 spiro atoms. The third-order valence-corrected chi connectivity index (χ3v) is 4.19. The number of carbonyl (C=O) groups is 1. The van der Waals surface area contributed by atoms with Gasteiger partial charge in [-0.2, -0.15) is 0 Å². The van der Waals surface area contributed by atoms with Crippen molar-refractivity contribution in [3.8, 4) is 0 Å². The molecule has 126 valence electrons. The summed E-state index contributed by atoms with van der Waals surface area (Å²) in [5.41, 5.74) is 0.925. The Morgan fingerprint density at radius 3 is 2.39 bits per heavy atom. The Balaban J connectivity index is 1.80. The summed E-state index contributed by atoms with van der Waals surface area (Å²) < 4.78 is 5.44. The molecule has 0 aromatic heterocycles. The van der Waals surface area contributed by atoms with Gasteiger partial charge in [0.05, 0.1) is 0 Å². The Kier molecular flexibility index (Phi) is 5.86. The Morgan fingerprint density at radius 2 is 1.83 bits per heavy atom. The average Bonchev–Trinajstić information content (AvgIpc) is 2.52. The molecule has 1 fully saturated rings. The number of carbonyl (C=O) groups excluding carboxylic acids is 1. The van der Waals surface area contributed by atoms with Crippen molar-refractivity contribution in [1.29, 1.82) is 0 Å². The summed E-state index contributed by atoms with van der Waals surface area (Å²) in [6.45, 7) is 9.51. The molecule has 2 rings (SSSR count). The van der Waals surface area contributed by atoms with Crippen molar-refractivity contribution < 1.29 is 9.53 Å². The highest BCUT2D eigenvalue weighted by Gasteiger charge is 2.25. The van der Waals surface area contributed by atoms with Gasteiger partial charge in [-0.25, -0.2) is 4.79 Å². The Morgan fingerprint density at radius 1 is 1.22 bits per heavy atom. The van der Waals surface area contributed by atoms with Gasteiger partial charge >= 0.3 is 6.09 Å². The van der Waals surface area contributed by atoms with E-state index in [1.165, 1.54) is 5.56 Å². The van der Waals surface area contributed by atoms with Crippen LogP contribution >= 0.6 is 0 Å². The molecule has 1 aromatic rings. The first-order valence-corrected chi connectivity index (χ1v) is 8.56. The van der Waals surface area contributed by atoms with Crippen LogP contribution in [0.3, 0.4) is 0 Å². The molecule has 0 bridgehead atoms. The highest BCUT2D eigenvalue weighted by Crippen LogP contribution is 2.23. The first-order valence-electron chi connectivity index (χ1n) is 8.56. The van der Waals surface area contributed by atoms with Crippen molar-refractivity contribution in [3.05, 3.63) is 48.0 Å². The molecular weight excluding hydrogens is 286 g/mol. The molecule has 0 N–H and O–H groups in total. The van der Waals surface area contributed by atoms with Crippen LogP contribution in [0.1, 0.15) is 52.0 Å². The quantitative estimate of drug-likeness (QED) is 0.735. The van der Waals surface area contributed by atoms with Crippen LogP contribution in [0.2, 0.25) is 0 Å². The fourth-order valence-electron chi connectivity index (χ4n) is 2.79. The molecule has 23 heavy (non-hydrogen) atoms. The number of benzene rings is 1. The maximum absolute atomic E-state index is 12.1. The van der Waals surface area contributed by atoms with Crippen LogP contribution in [-0.4, -0.2) is 29.7 Å². The van der Waals surface area contributed by atoms with Crippen LogP contribution in [0.25, 0.3) is 0 Å². The molecule has 3 heteroatoms. The molecule has 0 aliphatic carbocycles. The summed E-state index contributed by atoms with van der Waals surface area (Å²) in [7, 11) is 0. The van der Waals surface area contributed by atoms with Crippen LogP contribution in [0.4, 0.5) is 4.79 Å². The smallest absolute Gasteiger partial charge is 0.410 e. The predicted molar refractivity (Wildman–Crippen MR) is 94.5 cm³/mol. The van der Waals surface area contributed by atoms with E-state index in [0.717, 1.165) is 25.9 Å². The topological polar surface area (TPSA) is 29.5 Å². The first-order chi connectivity index (χ1) is 10.8. The van der Waals surface area contributed by atoms with Crippen LogP contribution in [-0.2, 0) is 4.74 Å². The lowest BCUT2D eigenvalue weighted by Crippen LogP contribution is -2.41. The number of piperidine rings is 1. The maximum atomic E-state index is 12.1. The van der Waals surface area contributed by atoms with E-state index in [4.69, 9.17) is 4.74 Å². The Labute approximate surface area is 140 Å². The standard InChI is InChI=1S/C20H29NO2/c1-16(18-8-6-5-7-9-18)10-11-17-12-14-21(15-13-17)19(22)23-20(2,3)4/h5-11,16-17H,12-15H2,1-4H3/t16-/m0/s1. The van der Waals surface area contributed by atoms with Gasteiger partial charge in [-0.15, -0.1) is 0 Å². The third kappa shape index (κ3) is 5.74. The highest BCUT2D eigenvalue weighted by molar-refractivity contribution is 5.68. The molecule has 0 unspecified atom stereocenters. The summed E-state index contributed by atoms with van der Waals surface area (Å²) in [5, 5.41) is 0. The molecule has 0 saturated carbocycles. The van der Waals surface area contributed by atoms with Crippen LogP contribution in [0.15, 0.2) is 42.5 Å². The molecular formula is C20H29NO2. The van der Waals surface area contributed by atoms with E-state index in [9.17, 15) is 4.79 Å². The second-order valence-electron chi connectivity index (χ2n) is 7.39. The minimum atomic E-state index is -0.418. The zero-order valence-corrected chi connectivity index (χ0v) is 14.8. The van der Waals surface area contributed by atoms with Gasteiger partial charge in [0.2, 0.25) is 0 Å². The number of hydrogen-bond donors (Lipinski definition) is 0. The second kappa shape index (κ2) is 7.67. The monoisotopic (exact) mass is 315 g/mol. The average molecular weight is 315 g/mol. The summed E-state index contributed by atoms with van der Waals surface area (Å²) >= 11 is 0. The van der Waals surface area contributed by atoms with Crippen LogP contribution in [0, 0.1) is 5.92 Å². The van der Waals surface area contributed by atoms with Crippen molar-refractivity contribution in [2.45, 2.75) is 52.1 Å². The highest BCUT2D eigenvalue weighted by atomic mass is 16.6. The van der Waals surface area contributed by atoms with Crippen LogP contribution < -0.4 is 0 Å². The van der Waals surface area contributed by atoms with E-state index in [-0.39, 0.29) is 6.09 Å². The SMILES string of the molecule is C[C@@H](C=CC1CCN(C(=O)OC(C)(C)C)CC1)c1ccccc1. The molecule has 1 aliphatic rings. The van der Waals surface area contributed by atoms with E-state index in [1.807, 2.05) is 31.7 Å². The summed E-state index contributed by atoms with van der Waals surface area (Å²) in [4.78, 5) is 13.9. The lowest BCUT2D eigenvalue weighted by molar-refractivity contribution is 0.0197. The third-order valence-electron chi connectivity index (χ3n) is 4.19. The van der Waals surface area contributed by atoms with E-state index in [2.05, 4.69) is 43.3 Å². The molecule has 0 radical (unpaired) electrons. The fourth-order valence-corrected chi connectivity index (χ4v) is 2.79. The summed E-state index contributed by atoms with van der Waals surface area (Å²) in [6.07, 6.45) is 6.46. The van der Waals surface area contributed by atoms with E-state index < -0.39 is 5.60 Å². The van der Waals surface area contributed by atoms with E-state index in [1.54, 1.807) is 0 Å². The molecule has 1 amide bonds. The van der Waals surface area contributed by atoms with Crippen molar-refractivity contribution in [1.82, 2.24) is 4.90 Å². The lowest BCUT2D eigenvalue weighted by Gasteiger charge is -2.32. The molecule has 1 aromatic carbocycles. The van der Waals surface area contributed by atoms with Crippen molar-refractivity contribution in [2.75, 3.05) is 13.1 Å². The fraction of sp³-hybridized carbons (Fsp3) is 0.550. The number of allylic oxidation sites excluding steroid dienone is 2. The predicted octanol–water partition coefficient (Wildman–Crippen LogP) is 4.99. The number of likely N-dealkylation sites (tertiary alicyclic amines) is 1. The number of hydrogen-bond acceptors (Lipinski definition) is 2. The Hall–Kier alpha value is -1.77. The molecule has 1 atom stereocenters. The van der Waals surface area contributed by atoms with Gasteiger partial charge < -0.3 is 9.64 Å². The molecule has 1 heterocycles. The van der Waals surface area contributed by atoms with E-state index >= 15 is 0 Å². The number of rotatable bonds is 3. The molecule has 3 nitrogen and oxygen atoms in total. The number of nitrogens with zero attached hydrogens (tertiary/aromatic N) is 1. The number of ether oxygens (including phenoxy) is 1. The van der Waals surface area contributed by atoms with Gasteiger partial charge in [-0.05, 0) is 51.0 Å². The Bertz CT molecular complexity index is 522. The van der Waals surface area contributed by atoms with Crippen molar-refractivity contribution in [2.24, 2.45) is 5.92 Å². The normalized spacial score (nSPS) is 18.2.